The van der Waals surface area contributed by atoms with Crippen molar-refractivity contribution in [2.45, 2.75) is 381 Å². The Hall–Kier alpha value is -2.25. The van der Waals surface area contributed by atoms with Crippen molar-refractivity contribution in [3.63, 3.8) is 0 Å². The Morgan fingerprint density at radius 1 is 0.380 bits per heavy atom. The number of nitrogens with one attached hydrogen (secondary N) is 1. The third-order valence-corrected chi connectivity index (χ3v) is 18.3. The van der Waals surface area contributed by atoms with Gasteiger partial charge in [-0.3, -0.25) is 4.79 Å². The van der Waals surface area contributed by atoms with Gasteiger partial charge in [0.2, 0.25) is 5.91 Å². The van der Waals surface area contributed by atoms with E-state index in [-0.39, 0.29) is 18.9 Å². The number of ether oxygens (including phenoxy) is 6. The number of carbonyl (C=O) groups excluding carboxylic acids is 1. The minimum absolute atomic E-state index is 0.233. The van der Waals surface area contributed by atoms with Crippen molar-refractivity contribution >= 4 is 5.91 Å². The van der Waals surface area contributed by atoms with Crippen LogP contribution < -0.4 is 5.32 Å². The van der Waals surface area contributed by atoms with E-state index in [1.54, 1.807) is 6.08 Å². The second-order valence-electron chi connectivity index (χ2n) is 26.4. The summed E-state index contributed by atoms with van der Waals surface area (Å²) in [5, 5.41) is 121. The molecule has 3 saturated heterocycles. The van der Waals surface area contributed by atoms with E-state index in [1.165, 1.54) is 199 Å². The molecule has 3 rings (SSSR count). The Bertz CT molecular complexity index is 1860. The zero-order valence-electron chi connectivity index (χ0n) is 57.0. The first-order chi connectivity index (χ1) is 44.8. The van der Waals surface area contributed by atoms with Gasteiger partial charge in [-0.25, -0.2) is 0 Å². The zero-order valence-corrected chi connectivity index (χ0v) is 57.0. The Morgan fingerprint density at radius 2 is 0.696 bits per heavy atom. The molecule has 3 heterocycles. The molecule has 3 aliphatic heterocycles. The molecule has 1 amide bonds. The Morgan fingerprint density at radius 3 is 1.09 bits per heavy atom. The molecule has 538 valence electrons. The second kappa shape index (κ2) is 54.7. The van der Waals surface area contributed by atoms with Crippen molar-refractivity contribution in [1.82, 2.24) is 5.32 Å². The normalized spacial score (nSPS) is 27.9. The highest BCUT2D eigenvalue weighted by atomic mass is 16.8. The lowest BCUT2D eigenvalue weighted by Gasteiger charge is -2.48. The average Bonchev–Trinajstić information content (AvgIpc) is 0.854. The summed E-state index contributed by atoms with van der Waals surface area (Å²) in [5.74, 6) is -0.287. The number of allylic oxidation sites excluding steroid dienone is 7. The molecule has 0 bridgehead atoms. The quantitative estimate of drug-likeness (QED) is 0.0199. The van der Waals surface area contributed by atoms with Gasteiger partial charge in [0.25, 0.3) is 0 Å². The molecule has 0 radical (unpaired) electrons. The lowest BCUT2D eigenvalue weighted by atomic mass is 9.96. The second-order valence-corrected chi connectivity index (χ2v) is 26.4. The smallest absolute Gasteiger partial charge is 0.220 e. The molecule has 12 N–H and O–H groups in total. The Labute approximate surface area is 554 Å². The largest absolute Gasteiger partial charge is 0.394 e. The van der Waals surface area contributed by atoms with Crippen LogP contribution in [0.5, 0.6) is 0 Å². The van der Waals surface area contributed by atoms with Crippen LogP contribution in [0.3, 0.4) is 0 Å². The predicted octanol–water partition coefficient (Wildman–Crippen LogP) is 10.6. The molecule has 0 spiro atoms. The summed E-state index contributed by atoms with van der Waals surface area (Å²) in [6, 6.07) is -0.997. The number of rotatable bonds is 57. The first-order valence-corrected chi connectivity index (χ1v) is 36.9. The van der Waals surface area contributed by atoms with Crippen LogP contribution in [0.15, 0.2) is 48.6 Å². The number of aliphatic hydroxyl groups is 11. The van der Waals surface area contributed by atoms with Gasteiger partial charge in [0, 0.05) is 6.42 Å². The monoisotopic (exact) mass is 1310 g/mol. The predicted molar refractivity (Wildman–Crippen MR) is 360 cm³/mol. The van der Waals surface area contributed by atoms with E-state index in [2.05, 4.69) is 55.6 Å². The van der Waals surface area contributed by atoms with Crippen molar-refractivity contribution in [3.8, 4) is 0 Å². The summed E-state index contributed by atoms with van der Waals surface area (Å²) in [4.78, 5) is 13.4. The molecule has 17 atom stereocenters. The van der Waals surface area contributed by atoms with Crippen molar-refractivity contribution in [2.75, 3.05) is 26.4 Å². The SMILES string of the molecule is CCCCCCCCCC/C=C\CCCCCCCCCCCCCCCCCC(=O)NC(COC1OC(CO)C(OC2OC(CO)C(OC3OC(CO)C(O)C(O)C3O)C(O)C2O)C(O)C1O)C(O)/C=C/CC/C=C/CC/C=C/CCCCCCCCCCCC. The summed E-state index contributed by atoms with van der Waals surface area (Å²) >= 11 is 0. The van der Waals surface area contributed by atoms with Crippen LogP contribution in [0.1, 0.15) is 277 Å². The van der Waals surface area contributed by atoms with Crippen LogP contribution in [-0.2, 0) is 33.2 Å². The van der Waals surface area contributed by atoms with Crippen molar-refractivity contribution in [3.05, 3.63) is 48.6 Å². The molecule has 0 saturated carbocycles. The molecule has 3 aliphatic rings. The fourth-order valence-electron chi connectivity index (χ4n) is 12.3. The fraction of sp³-hybridized carbons (Fsp3) is 0.877. The molecule has 19 heteroatoms. The van der Waals surface area contributed by atoms with E-state index >= 15 is 0 Å². The third-order valence-electron chi connectivity index (χ3n) is 18.3. The Balaban J connectivity index is 1.42. The first kappa shape index (κ1) is 84.0. The molecule has 0 aromatic heterocycles. The van der Waals surface area contributed by atoms with Crippen molar-refractivity contribution < 1.29 is 89.4 Å². The highest BCUT2D eigenvalue weighted by Crippen LogP contribution is 2.33. The van der Waals surface area contributed by atoms with Gasteiger partial charge in [-0.1, -0.05) is 249 Å². The van der Waals surface area contributed by atoms with Crippen LogP contribution in [-0.4, -0.2) is 193 Å². The number of hydrogen-bond acceptors (Lipinski definition) is 18. The van der Waals surface area contributed by atoms with E-state index < -0.39 is 124 Å². The van der Waals surface area contributed by atoms with Gasteiger partial charge >= 0.3 is 0 Å². The van der Waals surface area contributed by atoms with E-state index in [9.17, 15) is 61.0 Å². The minimum atomic E-state index is -1.98. The minimum Gasteiger partial charge on any atom is -0.394 e. The zero-order chi connectivity index (χ0) is 66.8. The van der Waals surface area contributed by atoms with E-state index in [4.69, 9.17) is 28.4 Å². The summed E-state index contributed by atoms with van der Waals surface area (Å²) in [6.45, 7) is 1.73. The lowest BCUT2D eigenvalue weighted by molar-refractivity contribution is -0.379. The molecule has 3 fully saturated rings. The maximum absolute atomic E-state index is 13.4. The van der Waals surface area contributed by atoms with Gasteiger partial charge in [-0.15, -0.1) is 0 Å². The molecule has 0 aliphatic carbocycles. The van der Waals surface area contributed by atoms with Crippen LogP contribution >= 0.6 is 0 Å². The van der Waals surface area contributed by atoms with Crippen LogP contribution in [0.2, 0.25) is 0 Å². The molecule has 92 heavy (non-hydrogen) atoms. The maximum Gasteiger partial charge on any atom is 0.220 e. The molecule has 0 aromatic carbocycles. The number of unbranched alkanes of at least 4 members (excludes halogenated alkanes) is 35. The van der Waals surface area contributed by atoms with Gasteiger partial charge in [0.1, 0.15) is 73.2 Å². The summed E-state index contributed by atoms with van der Waals surface area (Å²) in [5.41, 5.74) is 0. The molecule has 17 unspecified atom stereocenters. The number of carbonyl (C=O) groups is 1. The Kier molecular flexibility index (Phi) is 50.0. The molecule has 19 nitrogen and oxygen atoms in total. The highest BCUT2D eigenvalue weighted by molar-refractivity contribution is 5.76. The van der Waals surface area contributed by atoms with Crippen molar-refractivity contribution in [1.29, 1.82) is 0 Å². The van der Waals surface area contributed by atoms with Crippen LogP contribution in [0.4, 0.5) is 0 Å². The van der Waals surface area contributed by atoms with Crippen molar-refractivity contribution in [2.24, 2.45) is 0 Å². The summed E-state index contributed by atoms with van der Waals surface area (Å²) < 4.78 is 34.4. The lowest BCUT2D eigenvalue weighted by Crippen LogP contribution is -2.66. The molecular formula is C73H133NO18. The third kappa shape index (κ3) is 35.8. The van der Waals surface area contributed by atoms with Crippen LogP contribution in [0, 0.1) is 0 Å². The molecular weight excluding hydrogens is 1180 g/mol. The van der Waals surface area contributed by atoms with E-state index in [1.807, 2.05) is 6.08 Å². The topological polar surface area (TPSA) is 307 Å². The standard InChI is InChI=1S/C73H133NO18/c1-3-5-7-9-11-13-15-17-19-21-23-25-26-27-28-29-30-31-33-35-37-39-41-43-45-47-49-51-61(79)74-56(57(78)50-48-46-44-42-40-38-36-34-32-24-22-20-18-16-14-12-10-8-6-4-2)55-87-71-67(85)64(82)69(59(53-76)89-71)92-73-68(86)65(83)70(60(54-77)90-73)91-72-66(84)63(81)62(80)58(52-75)88-72/h21,23,32,34,40,42,48,50,56-60,62-73,75-78,80-86H,3-20,22,24-31,33,35-39,41,43-47,49,51-55H2,1-2H3,(H,74,79)/b23-21-,34-32+,42-40+,50-48+. The summed E-state index contributed by atoms with van der Waals surface area (Å²) in [6.07, 6.45) is 39.5. The van der Waals surface area contributed by atoms with E-state index in [0.29, 0.717) is 12.8 Å². The van der Waals surface area contributed by atoms with Gasteiger partial charge in [0.15, 0.2) is 18.9 Å². The van der Waals surface area contributed by atoms with Crippen LogP contribution in [0.25, 0.3) is 0 Å². The fourth-order valence-corrected chi connectivity index (χ4v) is 12.3. The molecule has 0 aromatic rings. The van der Waals surface area contributed by atoms with Gasteiger partial charge in [-0.05, 0) is 70.6 Å². The van der Waals surface area contributed by atoms with Gasteiger partial charge in [0.05, 0.1) is 38.6 Å². The van der Waals surface area contributed by atoms with E-state index in [0.717, 1.165) is 44.9 Å². The average molecular weight is 1310 g/mol. The van der Waals surface area contributed by atoms with Gasteiger partial charge < -0.3 is 89.9 Å². The highest BCUT2D eigenvalue weighted by Gasteiger charge is 2.53. The maximum atomic E-state index is 13.4. The first-order valence-electron chi connectivity index (χ1n) is 36.9. The van der Waals surface area contributed by atoms with Gasteiger partial charge in [-0.2, -0.15) is 0 Å². The summed E-state index contributed by atoms with van der Waals surface area (Å²) in [7, 11) is 0. The number of amides is 1. The number of aliphatic hydroxyl groups excluding tert-OH is 11. The number of hydrogen-bond donors (Lipinski definition) is 12.